The fourth-order valence-corrected chi connectivity index (χ4v) is 4.73. The van der Waals surface area contributed by atoms with Crippen LogP contribution in [0.25, 0.3) is 26.6 Å². The molecule has 0 aliphatic heterocycles. The molecule has 1 heterocycles. The van der Waals surface area contributed by atoms with Crippen molar-refractivity contribution < 1.29 is 58.4 Å². The molecule has 0 spiro atoms. The Labute approximate surface area is 230 Å². The predicted molar refractivity (Wildman–Crippen MR) is 133 cm³/mol. The Balaban J connectivity index is 0.00000342. The van der Waals surface area contributed by atoms with Crippen LogP contribution in [0.15, 0.2) is 60.7 Å². The minimum Gasteiger partial charge on any atom is -0.867 e. The summed E-state index contributed by atoms with van der Waals surface area (Å²) in [5.41, 5.74) is 1.89. The largest absolute Gasteiger partial charge is 1.00 e. The number of fused-ring (bicyclic) bond motifs is 1. The van der Waals surface area contributed by atoms with Gasteiger partial charge in [0.1, 0.15) is 23.0 Å². The van der Waals surface area contributed by atoms with Crippen molar-refractivity contribution >= 4 is 33.3 Å². The van der Waals surface area contributed by atoms with E-state index < -0.39 is 5.75 Å². The summed E-state index contributed by atoms with van der Waals surface area (Å²) in [5.74, 6) is 0.617. The molecule has 0 aliphatic rings. The zero-order valence-electron chi connectivity index (χ0n) is 20.2. The maximum Gasteiger partial charge on any atom is 1.00 e. The molecule has 0 atom stereocenters. The fourth-order valence-electron chi connectivity index (χ4n) is 3.64. The maximum absolute atomic E-state index is 12.9. The van der Waals surface area contributed by atoms with Crippen molar-refractivity contribution in [1.82, 2.24) is 0 Å². The van der Waals surface area contributed by atoms with Crippen molar-refractivity contribution in [3.05, 3.63) is 71.8 Å². The molecule has 0 bridgehead atoms. The van der Waals surface area contributed by atoms with E-state index in [1.54, 1.807) is 31.6 Å². The van der Waals surface area contributed by atoms with Crippen LogP contribution in [0.2, 0.25) is 0 Å². The topological polar surface area (TPSA) is 77.1 Å². The third kappa shape index (κ3) is 5.49. The summed E-state index contributed by atoms with van der Waals surface area (Å²) in [6, 6.07) is 16.8. The van der Waals surface area contributed by atoms with Crippen molar-refractivity contribution in [1.29, 1.82) is 0 Å². The standard InChI is InChI=1S/C27H24O6S.Na/c1-30-21-15-22(31-2)19(26-14-17-7-5-6-8-25(17)34-26)11-16(21)9-10-20(28)18-12-23(32-3)27(29)24(13-18)33-4;/h5-15,29H,1-4H3;/q;+1/p-1/b10-9+;. The molecule has 0 radical (unpaired) electrons. The Hall–Kier alpha value is -2.97. The number of hydrogen-bond acceptors (Lipinski definition) is 7. The molecule has 0 unspecified atom stereocenters. The smallest absolute Gasteiger partial charge is 0.867 e. The Morgan fingerprint density at radius 2 is 1.46 bits per heavy atom. The molecule has 6 nitrogen and oxygen atoms in total. The van der Waals surface area contributed by atoms with Gasteiger partial charge in [-0.3, -0.25) is 4.79 Å². The van der Waals surface area contributed by atoms with Crippen LogP contribution >= 0.6 is 11.3 Å². The summed E-state index contributed by atoms with van der Waals surface area (Å²) < 4.78 is 22.5. The molecule has 0 N–H and O–H groups in total. The van der Waals surface area contributed by atoms with Gasteiger partial charge in [-0.05, 0) is 53.6 Å². The van der Waals surface area contributed by atoms with E-state index in [1.807, 2.05) is 24.3 Å². The van der Waals surface area contributed by atoms with E-state index in [4.69, 9.17) is 18.9 Å². The average Bonchev–Trinajstić information content (AvgIpc) is 3.31. The fraction of sp³-hybridized carbons (Fsp3) is 0.148. The number of rotatable bonds is 8. The van der Waals surface area contributed by atoms with Crippen LogP contribution in [0.3, 0.4) is 0 Å². The zero-order valence-corrected chi connectivity index (χ0v) is 23.0. The summed E-state index contributed by atoms with van der Waals surface area (Å²) in [6.07, 6.45) is 3.11. The number of ketones is 1. The van der Waals surface area contributed by atoms with Crippen molar-refractivity contribution in [3.63, 3.8) is 0 Å². The summed E-state index contributed by atoms with van der Waals surface area (Å²) in [4.78, 5) is 13.9. The zero-order chi connectivity index (χ0) is 24.2. The summed E-state index contributed by atoms with van der Waals surface area (Å²) in [6.45, 7) is 0. The Morgan fingerprint density at radius 3 is 2.06 bits per heavy atom. The first-order chi connectivity index (χ1) is 16.5. The van der Waals surface area contributed by atoms with Gasteiger partial charge in [0.15, 0.2) is 5.78 Å². The van der Waals surface area contributed by atoms with Gasteiger partial charge in [0.2, 0.25) is 0 Å². The van der Waals surface area contributed by atoms with Crippen LogP contribution in [-0.4, -0.2) is 34.2 Å². The van der Waals surface area contributed by atoms with E-state index in [1.165, 1.54) is 37.1 Å². The summed E-state index contributed by atoms with van der Waals surface area (Å²) in [7, 11) is 5.93. The minimum atomic E-state index is -0.407. The molecule has 4 rings (SSSR count). The van der Waals surface area contributed by atoms with E-state index in [0.717, 1.165) is 15.8 Å². The summed E-state index contributed by atoms with van der Waals surface area (Å²) >= 11 is 1.66. The van der Waals surface area contributed by atoms with Crippen LogP contribution in [0, 0.1) is 0 Å². The number of thiophene rings is 1. The Morgan fingerprint density at radius 1 is 0.829 bits per heavy atom. The summed E-state index contributed by atoms with van der Waals surface area (Å²) in [5, 5.41) is 13.3. The van der Waals surface area contributed by atoms with Crippen LogP contribution in [0.4, 0.5) is 0 Å². The first kappa shape index (κ1) is 26.6. The Kier molecular flexibility index (Phi) is 8.86. The van der Waals surface area contributed by atoms with Gasteiger partial charge in [0.05, 0.1) is 28.4 Å². The monoisotopic (exact) mass is 498 g/mol. The van der Waals surface area contributed by atoms with Gasteiger partial charge in [0, 0.05) is 32.3 Å². The molecular weight excluding hydrogens is 475 g/mol. The third-order valence-electron chi connectivity index (χ3n) is 5.40. The molecule has 8 heteroatoms. The number of benzene rings is 3. The van der Waals surface area contributed by atoms with Crippen molar-refractivity contribution in [3.8, 4) is 39.2 Å². The molecule has 1 aromatic heterocycles. The van der Waals surface area contributed by atoms with E-state index in [2.05, 4.69) is 18.2 Å². The molecule has 4 aromatic rings. The molecule has 0 aliphatic carbocycles. The normalized spacial score (nSPS) is 10.7. The number of allylic oxidation sites excluding steroid dienone is 1. The van der Waals surface area contributed by atoms with Crippen LogP contribution in [-0.2, 0) is 0 Å². The molecule has 0 saturated heterocycles. The average molecular weight is 499 g/mol. The van der Waals surface area contributed by atoms with Crippen molar-refractivity contribution in [2.45, 2.75) is 0 Å². The molecule has 0 saturated carbocycles. The molecule has 0 amide bonds. The second-order valence-corrected chi connectivity index (χ2v) is 8.43. The van der Waals surface area contributed by atoms with Gasteiger partial charge in [-0.15, -0.1) is 11.3 Å². The van der Waals surface area contributed by atoms with E-state index in [-0.39, 0.29) is 52.4 Å². The van der Waals surface area contributed by atoms with Crippen LogP contribution in [0.1, 0.15) is 15.9 Å². The van der Waals surface area contributed by atoms with Crippen molar-refractivity contribution in [2.24, 2.45) is 0 Å². The predicted octanol–water partition coefficient (Wildman–Crippen LogP) is 2.58. The molecular formula is C27H23NaO6S. The van der Waals surface area contributed by atoms with Crippen molar-refractivity contribution in [2.75, 3.05) is 28.4 Å². The molecule has 0 fully saturated rings. The van der Waals surface area contributed by atoms with Gasteiger partial charge in [0.25, 0.3) is 0 Å². The van der Waals surface area contributed by atoms with E-state index in [9.17, 15) is 9.90 Å². The maximum atomic E-state index is 12.9. The van der Waals surface area contributed by atoms with Gasteiger partial charge >= 0.3 is 29.6 Å². The first-order valence-electron chi connectivity index (χ1n) is 10.4. The molecule has 3 aromatic carbocycles. The Bertz CT molecular complexity index is 1330. The third-order valence-corrected chi connectivity index (χ3v) is 6.55. The quantitative estimate of drug-likeness (QED) is 0.211. The number of methoxy groups -OCH3 is 4. The van der Waals surface area contributed by atoms with E-state index >= 15 is 0 Å². The minimum absolute atomic E-state index is 0. The van der Waals surface area contributed by atoms with Gasteiger partial charge in [-0.1, -0.05) is 18.2 Å². The number of carbonyl (C=O) groups is 1. The number of carbonyl (C=O) groups excluding carboxylic acids is 1. The number of hydrogen-bond donors (Lipinski definition) is 0. The van der Waals surface area contributed by atoms with E-state index in [0.29, 0.717) is 17.1 Å². The SMILES string of the molecule is COc1cc(OC)c(-c2cc3ccccc3s2)cc1/C=C/C(=O)c1cc(OC)c([O-])c(OC)c1.[Na+]. The van der Waals surface area contributed by atoms with Crippen LogP contribution in [0.5, 0.6) is 28.7 Å². The van der Waals surface area contributed by atoms with Crippen LogP contribution < -0.4 is 53.6 Å². The molecule has 174 valence electrons. The molecule has 35 heavy (non-hydrogen) atoms. The van der Waals surface area contributed by atoms with Gasteiger partial charge < -0.3 is 24.1 Å². The second-order valence-electron chi connectivity index (χ2n) is 7.35. The van der Waals surface area contributed by atoms with Gasteiger partial charge in [-0.25, -0.2) is 0 Å². The van der Waals surface area contributed by atoms with Gasteiger partial charge in [-0.2, -0.15) is 0 Å². The number of ether oxygens (including phenoxy) is 4. The second kappa shape index (κ2) is 11.6. The first-order valence-corrected chi connectivity index (χ1v) is 11.2.